The number of aromatic nitrogens is 2. The van der Waals surface area contributed by atoms with E-state index >= 15 is 0 Å². The molecule has 2 aliphatic rings. The smallest absolute Gasteiger partial charge is 0.307 e. The molecule has 11 aromatic rings. The van der Waals surface area contributed by atoms with Crippen molar-refractivity contribution < 1.29 is 8.83 Å². The minimum atomic E-state index is -2.78. The number of anilines is 6. The Morgan fingerprint density at radius 2 is 0.547 bits per heavy atom. The van der Waals surface area contributed by atoms with Gasteiger partial charge in [-0.1, -0.05) is 194 Å². The summed E-state index contributed by atoms with van der Waals surface area (Å²) >= 11 is 0. The summed E-state index contributed by atoms with van der Waals surface area (Å²) in [6.07, 6.45) is 0. The maximum absolute atomic E-state index is 6.84. The van der Waals surface area contributed by atoms with Gasteiger partial charge in [0.2, 0.25) is 0 Å². The van der Waals surface area contributed by atoms with Gasteiger partial charge in [-0.05, 0) is 65.8 Å². The molecule has 0 bridgehead atoms. The first-order valence-electron chi connectivity index (χ1n) is 21.7. The van der Waals surface area contributed by atoms with Crippen molar-refractivity contribution in [3.8, 4) is 0 Å². The largest absolute Gasteiger partial charge is 0.423 e. The van der Waals surface area contributed by atoms with E-state index in [1.807, 2.05) is 12.1 Å². The Labute approximate surface area is 372 Å². The van der Waals surface area contributed by atoms with Crippen LogP contribution in [0.2, 0.25) is 0 Å². The molecule has 0 aliphatic carbocycles. The number of benzene rings is 9. The van der Waals surface area contributed by atoms with Crippen LogP contribution >= 0.6 is 0 Å². The van der Waals surface area contributed by atoms with Crippen molar-refractivity contribution in [2.75, 3.05) is 9.80 Å². The van der Waals surface area contributed by atoms with E-state index in [1.54, 1.807) is 0 Å². The van der Waals surface area contributed by atoms with Crippen molar-refractivity contribution in [2.24, 2.45) is 0 Å². The predicted octanol–water partition coefficient (Wildman–Crippen LogP) is 8.29. The first kappa shape index (κ1) is 36.6. The Hall–Kier alpha value is -8.05. The lowest BCUT2D eigenvalue weighted by Crippen LogP contribution is -2.77. The molecule has 2 aromatic heterocycles. The van der Waals surface area contributed by atoms with Crippen molar-refractivity contribution in [3.05, 3.63) is 231 Å². The van der Waals surface area contributed by atoms with E-state index < -0.39 is 16.1 Å². The van der Waals surface area contributed by atoms with Gasteiger partial charge in [0.15, 0.2) is 27.3 Å². The van der Waals surface area contributed by atoms with Gasteiger partial charge in [0.25, 0.3) is 0 Å². The topological polar surface area (TPSA) is 58.5 Å². The summed E-state index contributed by atoms with van der Waals surface area (Å²) < 4.78 is 13.7. The van der Waals surface area contributed by atoms with Gasteiger partial charge in [0.1, 0.15) is 11.0 Å². The second-order valence-corrected chi connectivity index (χ2v) is 23.9. The Balaban J connectivity index is 0.961. The third-order valence-electron chi connectivity index (χ3n) is 13.3. The average molecular weight is 855 g/mol. The monoisotopic (exact) mass is 854 g/mol. The molecule has 0 unspecified atom stereocenters. The van der Waals surface area contributed by atoms with Crippen LogP contribution in [0.4, 0.5) is 34.8 Å². The molecule has 0 N–H and O–H groups in total. The zero-order valence-corrected chi connectivity index (χ0v) is 36.5. The number of fused-ring (bicyclic) bond motifs is 6. The molecule has 0 saturated heterocycles. The van der Waals surface area contributed by atoms with Gasteiger partial charge in [-0.15, -0.1) is 0 Å². The lowest BCUT2D eigenvalue weighted by Gasteiger charge is -2.43. The van der Waals surface area contributed by atoms with Crippen LogP contribution < -0.4 is 51.3 Å². The molecule has 0 saturated carbocycles. The van der Waals surface area contributed by atoms with Crippen LogP contribution in [0.15, 0.2) is 239 Å². The Morgan fingerprint density at radius 3 is 0.828 bits per heavy atom. The average Bonchev–Trinajstić information content (AvgIpc) is 3.98. The zero-order valence-electron chi connectivity index (χ0n) is 34.5. The molecule has 0 amide bonds. The molecule has 6 nitrogen and oxygen atoms in total. The summed E-state index contributed by atoms with van der Waals surface area (Å²) in [5.41, 5.74) is 6.90. The SMILES string of the molecule is c1ccc([Si]2(c3ccccc3)c3ccccc3N(c3nc4cc5oc(N6c7ccccc7[Si](c7ccccc7)(c7ccccc7)c7ccccc76)nc5cc4o3)c3ccccc32)cc1. The number of oxazole rings is 2. The molecule has 64 heavy (non-hydrogen) atoms. The summed E-state index contributed by atoms with van der Waals surface area (Å²) in [4.78, 5) is 14.9. The summed E-state index contributed by atoms with van der Waals surface area (Å²) in [7, 11) is -5.56. The first-order chi connectivity index (χ1) is 31.7. The number of rotatable bonds is 6. The lowest BCUT2D eigenvalue weighted by atomic mass is 10.2. The van der Waals surface area contributed by atoms with Crippen molar-refractivity contribution in [2.45, 2.75) is 0 Å². The highest BCUT2D eigenvalue weighted by Crippen LogP contribution is 2.42. The van der Waals surface area contributed by atoms with E-state index in [-0.39, 0.29) is 0 Å². The summed E-state index contributed by atoms with van der Waals surface area (Å²) in [5, 5.41) is 10.4. The zero-order chi connectivity index (χ0) is 42.2. The summed E-state index contributed by atoms with van der Waals surface area (Å²) in [6, 6.07) is 84.1. The van der Waals surface area contributed by atoms with Crippen molar-refractivity contribution >= 4 is 115 Å². The van der Waals surface area contributed by atoms with Crippen LogP contribution in [-0.2, 0) is 0 Å². The second-order valence-electron chi connectivity index (χ2n) is 16.5. The minimum absolute atomic E-state index is 0.494. The minimum Gasteiger partial charge on any atom is -0.423 e. The van der Waals surface area contributed by atoms with Crippen LogP contribution in [0.3, 0.4) is 0 Å². The van der Waals surface area contributed by atoms with Crippen molar-refractivity contribution in [1.82, 2.24) is 9.97 Å². The maximum atomic E-state index is 6.84. The molecular formula is C56H38N4O2Si2. The molecule has 13 rings (SSSR count). The van der Waals surface area contributed by atoms with E-state index in [1.165, 1.54) is 41.5 Å². The number of nitrogens with zero attached hydrogens (tertiary/aromatic N) is 4. The Morgan fingerprint density at radius 1 is 0.297 bits per heavy atom. The standard InChI is InChI=1S/C56H38N4O2Si2/c1-5-21-39(22-6-1)63(40-23-7-2-8-24-40)51-33-17-13-29-45(51)59(46-30-14-18-34-52(46)63)55-57-43-37-50-44(38-49(43)61-55)58-56(62-50)60-47-31-15-19-35-53(47)64(41-25-9-3-10-26-41,42-27-11-4-12-28-42)54-36-20-16-32-48(54)60/h1-38H. The summed E-state index contributed by atoms with van der Waals surface area (Å²) in [6.45, 7) is 0. The van der Waals surface area contributed by atoms with E-state index in [0.717, 1.165) is 22.7 Å². The van der Waals surface area contributed by atoms with Crippen LogP contribution in [0, 0.1) is 0 Å². The van der Waals surface area contributed by atoms with Gasteiger partial charge in [-0.2, -0.15) is 9.97 Å². The van der Waals surface area contributed by atoms with Gasteiger partial charge >= 0.3 is 12.0 Å². The molecule has 0 atom stereocenters. The molecule has 8 heteroatoms. The van der Waals surface area contributed by atoms with Gasteiger partial charge in [-0.25, -0.2) is 0 Å². The Bertz CT molecular complexity index is 3080. The van der Waals surface area contributed by atoms with Crippen molar-refractivity contribution in [3.63, 3.8) is 0 Å². The fourth-order valence-corrected chi connectivity index (χ4v) is 21.0. The molecule has 302 valence electrons. The van der Waals surface area contributed by atoms with Gasteiger partial charge < -0.3 is 8.83 Å². The van der Waals surface area contributed by atoms with Crippen molar-refractivity contribution in [1.29, 1.82) is 0 Å². The highest BCUT2D eigenvalue weighted by atomic mass is 28.3. The molecule has 0 spiro atoms. The number of hydrogen-bond donors (Lipinski definition) is 0. The van der Waals surface area contributed by atoms with E-state index in [4.69, 9.17) is 18.8 Å². The molecule has 4 heterocycles. The summed E-state index contributed by atoms with van der Waals surface area (Å²) in [5.74, 6) is 0. The predicted molar refractivity (Wildman–Crippen MR) is 265 cm³/mol. The number of para-hydroxylation sites is 4. The van der Waals surface area contributed by atoms with Gasteiger partial charge in [0.05, 0.1) is 22.7 Å². The third kappa shape index (κ3) is 5.12. The lowest BCUT2D eigenvalue weighted by molar-refractivity contribution is 0.607. The quantitative estimate of drug-likeness (QED) is 0.157. The second kappa shape index (κ2) is 14.2. The van der Waals surface area contributed by atoms with Crippen LogP contribution in [0.5, 0.6) is 0 Å². The van der Waals surface area contributed by atoms with E-state index in [0.29, 0.717) is 34.2 Å². The van der Waals surface area contributed by atoms with Gasteiger partial charge in [-0.3, -0.25) is 9.80 Å². The normalized spacial score (nSPS) is 14.4. The fourth-order valence-electron chi connectivity index (χ4n) is 10.8. The van der Waals surface area contributed by atoms with Gasteiger partial charge in [0, 0.05) is 12.1 Å². The fraction of sp³-hybridized carbons (Fsp3) is 0. The van der Waals surface area contributed by atoms with Crippen LogP contribution in [-0.4, -0.2) is 26.1 Å². The van der Waals surface area contributed by atoms with E-state index in [2.05, 4.69) is 228 Å². The molecule has 0 radical (unpaired) electrons. The van der Waals surface area contributed by atoms with Crippen LogP contribution in [0.1, 0.15) is 0 Å². The highest BCUT2D eigenvalue weighted by molar-refractivity contribution is 7.22. The third-order valence-corrected chi connectivity index (χ3v) is 23.0. The van der Waals surface area contributed by atoms with E-state index in [9.17, 15) is 0 Å². The molecular weight excluding hydrogens is 817 g/mol. The molecule has 9 aromatic carbocycles. The molecule has 0 fully saturated rings. The first-order valence-corrected chi connectivity index (χ1v) is 25.7. The maximum Gasteiger partial charge on any atom is 0.307 e. The Kier molecular flexibility index (Phi) is 8.15. The van der Waals surface area contributed by atoms with Crippen LogP contribution in [0.25, 0.3) is 22.2 Å². The highest BCUT2D eigenvalue weighted by Gasteiger charge is 2.51. The number of hydrogen-bond acceptors (Lipinski definition) is 6. The molecule has 2 aliphatic heterocycles.